The number of rotatable bonds is 3. The molecule has 1 aromatic rings. The van der Waals surface area contributed by atoms with Gasteiger partial charge in [0.15, 0.2) is 0 Å². The average molecular weight is 220 g/mol. The zero-order chi connectivity index (χ0) is 10.7. The number of nitro benzene ring substituents is 1. The number of anilines is 1. The highest BCUT2D eigenvalue weighted by molar-refractivity contribution is 7.80. The molecule has 76 valence electrons. The van der Waals surface area contributed by atoms with Gasteiger partial charge in [0, 0.05) is 0 Å². The third kappa shape index (κ3) is 2.47. The van der Waals surface area contributed by atoms with Crippen molar-refractivity contribution in [3.63, 3.8) is 0 Å². The minimum absolute atomic E-state index is 0.211. The van der Waals surface area contributed by atoms with Gasteiger partial charge in [-0.25, -0.2) is 8.60 Å². The zero-order valence-corrected chi connectivity index (χ0v) is 7.45. The van der Waals surface area contributed by atoms with Gasteiger partial charge in [-0.2, -0.15) is 0 Å². The standard InChI is InChI=1S/C6H5FN2O4S/c7-4-1-2-5(8-14(12)13)6(3-4)9(10)11/h1-3,8H,(H,12,13). The first-order valence-corrected chi connectivity index (χ1v) is 4.43. The topological polar surface area (TPSA) is 92.5 Å². The van der Waals surface area contributed by atoms with Crippen molar-refractivity contribution in [1.82, 2.24) is 0 Å². The van der Waals surface area contributed by atoms with Crippen LogP contribution >= 0.6 is 0 Å². The Kier molecular flexibility index (Phi) is 3.10. The SMILES string of the molecule is O=[N+]([O-])c1cc(F)ccc1NS(=O)O. The number of nitro groups is 1. The first-order valence-electron chi connectivity index (χ1n) is 3.32. The largest absolute Gasteiger partial charge is 0.296 e. The van der Waals surface area contributed by atoms with E-state index in [0.29, 0.717) is 6.07 Å². The van der Waals surface area contributed by atoms with E-state index in [9.17, 15) is 18.7 Å². The Morgan fingerprint density at radius 3 is 2.71 bits per heavy atom. The molecule has 0 spiro atoms. The van der Waals surface area contributed by atoms with Gasteiger partial charge in [0.2, 0.25) is 0 Å². The molecule has 8 heteroatoms. The Labute approximate surface area is 80.3 Å². The minimum atomic E-state index is -2.43. The molecular weight excluding hydrogens is 215 g/mol. The predicted molar refractivity (Wildman–Crippen MR) is 47.4 cm³/mol. The molecular formula is C6H5FN2O4S. The van der Waals surface area contributed by atoms with E-state index in [1.807, 2.05) is 4.72 Å². The number of nitrogens with one attached hydrogen (secondary N) is 1. The fraction of sp³-hybridized carbons (Fsp3) is 0. The molecule has 0 amide bonds. The van der Waals surface area contributed by atoms with Crippen molar-refractivity contribution in [3.05, 3.63) is 34.1 Å². The Morgan fingerprint density at radius 2 is 2.21 bits per heavy atom. The van der Waals surface area contributed by atoms with Crippen molar-refractivity contribution >= 4 is 22.6 Å². The molecule has 0 aromatic heterocycles. The normalized spacial score (nSPS) is 12.1. The second kappa shape index (κ2) is 4.11. The molecule has 0 bridgehead atoms. The Hall–Kier alpha value is -1.54. The van der Waals surface area contributed by atoms with Gasteiger partial charge in [0.25, 0.3) is 17.0 Å². The van der Waals surface area contributed by atoms with Crippen LogP contribution in [0, 0.1) is 15.9 Å². The summed E-state index contributed by atoms with van der Waals surface area (Å²) in [5, 5.41) is 10.4. The third-order valence-electron chi connectivity index (χ3n) is 1.35. The van der Waals surface area contributed by atoms with Gasteiger partial charge in [0.05, 0.1) is 11.0 Å². The second-order valence-electron chi connectivity index (χ2n) is 2.27. The van der Waals surface area contributed by atoms with E-state index < -0.39 is 27.7 Å². The lowest BCUT2D eigenvalue weighted by atomic mass is 10.3. The van der Waals surface area contributed by atoms with Crippen LogP contribution in [0.3, 0.4) is 0 Å². The molecule has 0 radical (unpaired) electrons. The predicted octanol–water partition coefficient (Wildman–Crippen LogP) is 1.28. The van der Waals surface area contributed by atoms with Crippen molar-refractivity contribution in [2.45, 2.75) is 0 Å². The maximum absolute atomic E-state index is 12.6. The lowest BCUT2D eigenvalue weighted by Gasteiger charge is -2.01. The van der Waals surface area contributed by atoms with Crippen LogP contribution in [0.4, 0.5) is 15.8 Å². The molecule has 1 atom stereocenters. The molecule has 2 N–H and O–H groups in total. The summed E-state index contributed by atoms with van der Waals surface area (Å²) in [7, 11) is 0. The molecule has 0 saturated heterocycles. The van der Waals surface area contributed by atoms with Crippen LogP contribution in [0.5, 0.6) is 0 Å². The van der Waals surface area contributed by atoms with Gasteiger partial charge in [-0.15, -0.1) is 0 Å². The molecule has 0 aliphatic heterocycles. The van der Waals surface area contributed by atoms with Crippen LogP contribution in [-0.4, -0.2) is 13.7 Å². The monoisotopic (exact) mass is 220 g/mol. The van der Waals surface area contributed by atoms with Gasteiger partial charge in [-0.05, 0) is 12.1 Å². The van der Waals surface area contributed by atoms with E-state index in [2.05, 4.69) is 0 Å². The van der Waals surface area contributed by atoms with Crippen molar-refractivity contribution in [1.29, 1.82) is 0 Å². The van der Waals surface area contributed by atoms with Crippen molar-refractivity contribution in [2.75, 3.05) is 4.72 Å². The molecule has 0 aliphatic carbocycles. The summed E-state index contributed by atoms with van der Waals surface area (Å²) >= 11 is -2.43. The number of hydrogen-bond acceptors (Lipinski definition) is 3. The highest BCUT2D eigenvalue weighted by Crippen LogP contribution is 2.24. The Bertz CT molecular complexity index is 397. The minimum Gasteiger partial charge on any atom is -0.289 e. The summed E-state index contributed by atoms with van der Waals surface area (Å²) in [4.78, 5) is 9.52. The molecule has 0 heterocycles. The molecule has 0 fully saturated rings. The fourth-order valence-corrected chi connectivity index (χ4v) is 1.20. The first-order chi connectivity index (χ1) is 6.50. The van der Waals surface area contributed by atoms with E-state index in [1.54, 1.807) is 0 Å². The molecule has 6 nitrogen and oxygen atoms in total. The number of nitrogens with zero attached hydrogens (tertiary/aromatic N) is 1. The average Bonchev–Trinajstić information content (AvgIpc) is 2.07. The summed E-state index contributed by atoms with van der Waals surface area (Å²) in [6.07, 6.45) is 0. The number of benzene rings is 1. The quantitative estimate of drug-likeness (QED) is 0.456. The van der Waals surface area contributed by atoms with E-state index >= 15 is 0 Å². The lowest BCUT2D eigenvalue weighted by Crippen LogP contribution is -2.04. The Balaban J connectivity index is 3.14. The first kappa shape index (κ1) is 10.5. The number of hydrogen-bond donors (Lipinski definition) is 2. The smallest absolute Gasteiger partial charge is 0.289 e. The van der Waals surface area contributed by atoms with E-state index in [1.165, 1.54) is 0 Å². The second-order valence-corrected chi connectivity index (χ2v) is 2.97. The van der Waals surface area contributed by atoms with E-state index in [-0.39, 0.29) is 5.69 Å². The number of halogens is 1. The maximum atomic E-state index is 12.6. The molecule has 1 aromatic carbocycles. The van der Waals surface area contributed by atoms with E-state index in [4.69, 9.17) is 4.55 Å². The molecule has 14 heavy (non-hydrogen) atoms. The fourth-order valence-electron chi connectivity index (χ4n) is 0.836. The third-order valence-corrected chi connectivity index (χ3v) is 1.75. The highest BCUT2D eigenvalue weighted by atomic mass is 32.2. The molecule has 0 aliphatic rings. The maximum Gasteiger partial charge on any atom is 0.296 e. The van der Waals surface area contributed by atoms with Crippen LogP contribution in [0.2, 0.25) is 0 Å². The van der Waals surface area contributed by atoms with Gasteiger partial charge >= 0.3 is 0 Å². The lowest BCUT2D eigenvalue weighted by molar-refractivity contribution is -0.384. The van der Waals surface area contributed by atoms with Crippen molar-refractivity contribution in [3.8, 4) is 0 Å². The van der Waals surface area contributed by atoms with Crippen LogP contribution in [0.25, 0.3) is 0 Å². The van der Waals surface area contributed by atoms with Crippen LogP contribution in [-0.2, 0) is 11.3 Å². The van der Waals surface area contributed by atoms with Crippen molar-refractivity contribution in [2.24, 2.45) is 0 Å². The molecule has 0 saturated carbocycles. The summed E-state index contributed by atoms with van der Waals surface area (Å²) < 4.78 is 33.2. The van der Waals surface area contributed by atoms with Crippen LogP contribution in [0.1, 0.15) is 0 Å². The zero-order valence-electron chi connectivity index (χ0n) is 6.64. The van der Waals surface area contributed by atoms with Gasteiger partial charge in [-0.1, -0.05) is 0 Å². The van der Waals surface area contributed by atoms with Crippen LogP contribution in [0.15, 0.2) is 18.2 Å². The van der Waals surface area contributed by atoms with Gasteiger partial charge in [0.1, 0.15) is 11.5 Å². The van der Waals surface area contributed by atoms with Crippen LogP contribution < -0.4 is 4.72 Å². The van der Waals surface area contributed by atoms with Gasteiger partial charge < -0.3 is 0 Å². The van der Waals surface area contributed by atoms with E-state index in [0.717, 1.165) is 12.1 Å². The Morgan fingerprint density at radius 1 is 1.57 bits per heavy atom. The molecule has 1 unspecified atom stereocenters. The summed E-state index contributed by atoms with van der Waals surface area (Å²) in [6, 6.07) is 2.62. The summed E-state index contributed by atoms with van der Waals surface area (Å²) in [6.45, 7) is 0. The van der Waals surface area contributed by atoms with Gasteiger partial charge in [-0.3, -0.25) is 19.4 Å². The summed E-state index contributed by atoms with van der Waals surface area (Å²) in [5.41, 5.74) is -0.801. The molecule has 1 rings (SSSR count). The van der Waals surface area contributed by atoms with Crippen molar-refractivity contribution < 1.29 is 18.1 Å². The summed E-state index contributed by atoms with van der Waals surface area (Å²) in [5.74, 6) is -0.786. The highest BCUT2D eigenvalue weighted by Gasteiger charge is 2.15.